The zero-order valence-corrected chi connectivity index (χ0v) is 3.09. The van der Waals surface area contributed by atoms with Crippen molar-refractivity contribution >= 4 is 13.5 Å². The SMILES string of the molecule is [B]C(=O)C(N)O. The molecule has 4 heteroatoms. The molecule has 6 heavy (non-hydrogen) atoms. The van der Waals surface area contributed by atoms with E-state index < -0.39 is 11.9 Å². The van der Waals surface area contributed by atoms with Crippen LogP contribution in [0.3, 0.4) is 0 Å². The minimum absolute atomic E-state index is 0.907. The Hall–Kier alpha value is -0.345. The van der Waals surface area contributed by atoms with Gasteiger partial charge in [0.05, 0.1) is 0 Å². The standard InChI is InChI=1S/C2H4BNO2/c3-1(5)2(4)6/h2,6H,4H2. The Labute approximate surface area is 36.6 Å². The van der Waals surface area contributed by atoms with Crippen molar-refractivity contribution in [3.8, 4) is 0 Å². The van der Waals surface area contributed by atoms with Gasteiger partial charge in [-0.25, -0.2) is 0 Å². The van der Waals surface area contributed by atoms with E-state index in [9.17, 15) is 4.79 Å². The summed E-state index contributed by atoms with van der Waals surface area (Å²) in [6.45, 7) is 0. The summed E-state index contributed by atoms with van der Waals surface area (Å²) in [5.41, 5.74) is 3.61. The molecule has 2 radical (unpaired) electrons. The Morgan fingerprint density at radius 1 is 2.00 bits per heavy atom. The summed E-state index contributed by atoms with van der Waals surface area (Å²) in [7, 11) is 4.42. The van der Waals surface area contributed by atoms with Crippen molar-refractivity contribution < 1.29 is 9.90 Å². The zero-order chi connectivity index (χ0) is 5.15. The molecule has 0 fully saturated rings. The molecule has 0 aliphatic rings. The number of carbonyl (C=O) groups is 1. The molecular weight excluding hydrogens is 80.8 g/mol. The molecule has 3 N–H and O–H groups in total. The first-order valence-corrected chi connectivity index (χ1v) is 1.37. The molecule has 1 unspecified atom stereocenters. The number of aliphatic hydroxyl groups excluding tert-OH is 1. The van der Waals surface area contributed by atoms with E-state index in [-0.39, 0.29) is 0 Å². The van der Waals surface area contributed by atoms with Gasteiger partial charge in [-0.05, 0) is 0 Å². The summed E-state index contributed by atoms with van der Waals surface area (Å²) in [6, 6.07) is 0. The van der Waals surface area contributed by atoms with Crippen molar-refractivity contribution in [2.24, 2.45) is 5.73 Å². The van der Waals surface area contributed by atoms with E-state index in [1.807, 2.05) is 0 Å². The van der Waals surface area contributed by atoms with Gasteiger partial charge in [0.25, 0.3) is 0 Å². The Morgan fingerprint density at radius 2 is 2.17 bits per heavy atom. The Balaban J connectivity index is 3.26. The summed E-state index contributed by atoms with van der Waals surface area (Å²) >= 11 is 0. The molecule has 0 aromatic carbocycles. The predicted octanol–water partition coefficient (Wildman–Crippen LogP) is -2.04. The molecular formula is C2H4BNO2. The first kappa shape index (κ1) is 5.65. The first-order chi connectivity index (χ1) is 2.64. The summed E-state index contributed by atoms with van der Waals surface area (Å²) in [5, 5.41) is 7.93. The van der Waals surface area contributed by atoms with Crippen LogP contribution in [0.2, 0.25) is 0 Å². The first-order valence-electron chi connectivity index (χ1n) is 1.37. The van der Waals surface area contributed by atoms with Gasteiger partial charge in [0.1, 0.15) is 5.68 Å². The lowest BCUT2D eigenvalue weighted by Crippen LogP contribution is -2.29. The van der Waals surface area contributed by atoms with E-state index in [0.717, 1.165) is 0 Å². The predicted molar refractivity (Wildman–Crippen MR) is 21.0 cm³/mol. The molecule has 0 heterocycles. The molecule has 0 aliphatic carbocycles. The van der Waals surface area contributed by atoms with Crippen LogP contribution >= 0.6 is 0 Å². The molecule has 32 valence electrons. The van der Waals surface area contributed by atoms with Crippen molar-refractivity contribution in [2.45, 2.75) is 6.23 Å². The third kappa shape index (κ3) is 1.93. The number of carbonyl (C=O) groups excluding carboxylic acids is 1. The maximum atomic E-state index is 9.55. The van der Waals surface area contributed by atoms with Crippen LogP contribution in [0.5, 0.6) is 0 Å². The van der Waals surface area contributed by atoms with Gasteiger partial charge in [0.15, 0.2) is 14.1 Å². The Kier molecular flexibility index (Phi) is 1.83. The van der Waals surface area contributed by atoms with Gasteiger partial charge in [0, 0.05) is 0 Å². The van der Waals surface area contributed by atoms with Gasteiger partial charge in [0.2, 0.25) is 0 Å². The molecule has 3 nitrogen and oxygen atoms in total. The molecule has 0 bridgehead atoms. The highest BCUT2D eigenvalue weighted by molar-refractivity contribution is 6.58. The zero-order valence-electron chi connectivity index (χ0n) is 3.09. The van der Waals surface area contributed by atoms with Crippen LogP contribution in [0.4, 0.5) is 0 Å². The van der Waals surface area contributed by atoms with E-state index in [4.69, 9.17) is 5.11 Å². The summed E-state index contributed by atoms with van der Waals surface area (Å²) in [5.74, 6) is 0. The fourth-order valence-electron chi connectivity index (χ4n) is 0. The molecule has 0 saturated heterocycles. The lowest BCUT2D eigenvalue weighted by molar-refractivity contribution is -0.118. The molecule has 0 rings (SSSR count). The molecule has 0 spiro atoms. The fraction of sp³-hybridized carbons (Fsp3) is 0.500. The van der Waals surface area contributed by atoms with E-state index in [0.29, 0.717) is 0 Å². The lowest BCUT2D eigenvalue weighted by atomic mass is 10.0. The lowest BCUT2D eigenvalue weighted by Gasteiger charge is -1.92. The number of hydrogen-bond donors (Lipinski definition) is 2. The second kappa shape index (κ2) is 1.94. The van der Waals surface area contributed by atoms with Gasteiger partial charge in [-0.3, -0.25) is 0 Å². The topological polar surface area (TPSA) is 63.3 Å². The Bertz CT molecular complexity index is 62.6. The molecule has 0 aliphatic heterocycles. The average Bonchev–Trinajstić information content (AvgIpc) is 1.36. The summed E-state index contributed by atoms with van der Waals surface area (Å²) < 4.78 is 0. The second-order valence-corrected chi connectivity index (χ2v) is 0.847. The van der Waals surface area contributed by atoms with Gasteiger partial charge in [-0.1, -0.05) is 0 Å². The van der Waals surface area contributed by atoms with Crippen LogP contribution in [0, 0.1) is 0 Å². The van der Waals surface area contributed by atoms with Crippen LogP contribution in [0.25, 0.3) is 0 Å². The van der Waals surface area contributed by atoms with Crippen molar-refractivity contribution in [1.82, 2.24) is 0 Å². The molecule has 1 atom stereocenters. The van der Waals surface area contributed by atoms with Gasteiger partial charge >= 0.3 is 0 Å². The third-order valence-corrected chi connectivity index (χ3v) is 0.292. The van der Waals surface area contributed by atoms with Crippen molar-refractivity contribution in [3.05, 3.63) is 0 Å². The van der Waals surface area contributed by atoms with E-state index in [1.54, 1.807) is 0 Å². The van der Waals surface area contributed by atoms with Crippen LogP contribution in [0.15, 0.2) is 0 Å². The Morgan fingerprint density at radius 3 is 2.17 bits per heavy atom. The van der Waals surface area contributed by atoms with E-state index in [1.165, 1.54) is 0 Å². The maximum absolute atomic E-state index is 9.55. The van der Waals surface area contributed by atoms with Crippen molar-refractivity contribution in [1.29, 1.82) is 0 Å². The number of aliphatic hydroxyl groups is 1. The minimum Gasteiger partial charge on any atom is -0.372 e. The van der Waals surface area contributed by atoms with Crippen LogP contribution in [-0.2, 0) is 4.79 Å². The average molecular weight is 84.9 g/mol. The van der Waals surface area contributed by atoms with Crippen molar-refractivity contribution in [2.75, 3.05) is 0 Å². The van der Waals surface area contributed by atoms with Crippen molar-refractivity contribution in [3.63, 3.8) is 0 Å². The third-order valence-electron chi connectivity index (χ3n) is 0.292. The summed E-state index contributed by atoms with van der Waals surface area (Å²) in [6.07, 6.45) is -1.51. The fourth-order valence-corrected chi connectivity index (χ4v) is 0. The number of nitrogens with two attached hydrogens (primary N) is 1. The van der Waals surface area contributed by atoms with Gasteiger partial charge in [-0.15, -0.1) is 0 Å². The van der Waals surface area contributed by atoms with Gasteiger partial charge in [-0.2, -0.15) is 0 Å². The van der Waals surface area contributed by atoms with Crippen LogP contribution < -0.4 is 5.73 Å². The van der Waals surface area contributed by atoms with E-state index in [2.05, 4.69) is 13.6 Å². The van der Waals surface area contributed by atoms with Crippen LogP contribution in [-0.4, -0.2) is 24.9 Å². The highest BCUT2D eigenvalue weighted by atomic mass is 16.3. The second-order valence-electron chi connectivity index (χ2n) is 0.847. The van der Waals surface area contributed by atoms with E-state index >= 15 is 0 Å². The number of rotatable bonds is 1. The maximum Gasteiger partial charge on any atom is 0.173 e. The number of hydrogen-bond acceptors (Lipinski definition) is 3. The highest BCUT2D eigenvalue weighted by Gasteiger charge is 1.96. The smallest absolute Gasteiger partial charge is 0.173 e. The molecule has 0 amide bonds. The van der Waals surface area contributed by atoms with Crippen LogP contribution in [0.1, 0.15) is 0 Å². The molecule has 0 aromatic heterocycles. The van der Waals surface area contributed by atoms with Gasteiger partial charge < -0.3 is 15.6 Å². The molecule has 0 aromatic rings. The normalized spacial score (nSPS) is 13.7. The molecule has 0 saturated carbocycles. The largest absolute Gasteiger partial charge is 0.372 e. The highest BCUT2D eigenvalue weighted by Crippen LogP contribution is 1.61. The quantitative estimate of drug-likeness (QED) is 0.284. The monoisotopic (exact) mass is 85.0 g/mol. The summed E-state index contributed by atoms with van der Waals surface area (Å²) in [4.78, 5) is 9.55. The minimum atomic E-state index is -1.51.